The Hall–Kier alpha value is -2.06. The maximum absolute atomic E-state index is 11.9. The van der Waals surface area contributed by atoms with Crippen LogP contribution in [-0.4, -0.2) is 33.6 Å². The summed E-state index contributed by atoms with van der Waals surface area (Å²) in [6, 6.07) is 8.75. The van der Waals surface area contributed by atoms with E-state index in [1.165, 1.54) is 11.1 Å². The smallest absolute Gasteiger partial charge is 0.356 e. The summed E-state index contributed by atoms with van der Waals surface area (Å²) in [6.07, 6.45) is 0. The molecule has 0 radical (unpaired) electrons. The zero-order valence-corrected chi connectivity index (χ0v) is 17.3. The molecule has 2 heterocycles. The molecule has 150 valence electrons. The number of anilines is 1. The first-order chi connectivity index (χ1) is 13.0. The van der Waals surface area contributed by atoms with Crippen LogP contribution in [0.15, 0.2) is 30.3 Å². The van der Waals surface area contributed by atoms with Crippen LogP contribution in [0, 0.1) is 5.41 Å². The third-order valence-corrected chi connectivity index (χ3v) is 4.78. The first-order valence-electron chi connectivity index (χ1n) is 8.06. The van der Waals surface area contributed by atoms with Crippen molar-refractivity contribution in [3.63, 3.8) is 0 Å². The van der Waals surface area contributed by atoms with Crippen molar-refractivity contribution < 1.29 is 19.5 Å². The van der Waals surface area contributed by atoms with Gasteiger partial charge in [-0.25, -0.2) is 14.8 Å². The number of nitrogens with two attached hydrogens (primary N) is 1. The normalized spacial score (nSPS) is 15.2. The number of pyridine rings is 1. The Kier molecular flexibility index (Phi) is 7.11. The average Bonchev–Trinajstić information content (AvgIpc) is 2.87. The van der Waals surface area contributed by atoms with E-state index >= 15 is 0 Å². The van der Waals surface area contributed by atoms with E-state index in [-0.39, 0.29) is 27.5 Å². The van der Waals surface area contributed by atoms with Crippen LogP contribution in [0.4, 0.5) is 5.69 Å². The lowest BCUT2D eigenvalue weighted by molar-refractivity contribution is -0.165. The third kappa shape index (κ3) is 5.26. The summed E-state index contributed by atoms with van der Waals surface area (Å²) < 4.78 is 0. The summed E-state index contributed by atoms with van der Waals surface area (Å²) in [7, 11) is 0. The van der Waals surface area contributed by atoms with Crippen molar-refractivity contribution >= 4 is 52.4 Å². The molecule has 0 atom stereocenters. The fraction of sp³-hybridized carbons (Fsp3) is 0.278. The molecule has 3 rings (SSSR count). The molecule has 7 nitrogen and oxygen atoms in total. The number of benzene rings is 1. The van der Waals surface area contributed by atoms with Crippen molar-refractivity contribution in [3.05, 3.63) is 56.8 Å². The monoisotopic (exact) mass is 445 g/mol. The number of aromatic nitrogens is 1. The van der Waals surface area contributed by atoms with E-state index in [1.54, 1.807) is 0 Å². The van der Waals surface area contributed by atoms with Crippen LogP contribution in [0.3, 0.4) is 0 Å². The number of hydrogen-bond acceptors (Lipinski definition) is 5. The van der Waals surface area contributed by atoms with Crippen molar-refractivity contribution in [2.75, 3.05) is 12.3 Å². The zero-order chi connectivity index (χ0) is 21.1. The molecule has 0 unspecified atom stereocenters. The highest BCUT2D eigenvalue weighted by Gasteiger charge is 2.40. The summed E-state index contributed by atoms with van der Waals surface area (Å²) in [5, 5.41) is 10.5. The molecule has 0 spiro atoms. The average molecular weight is 447 g/mol. The number of carbonyl (C=O) groups excluding carboxylic acids is 1. The predicted molar refractivity (Wildman–Crippen MR) is 107 cm³/mol. The van der Waals surface area contributed by atoms with Crippen LogP contribution in [0.2, 0.25) is 15.2 Å². The number of halogens is 3. The van der Waals surface area contributed by atoms with Gasteiger partial charge in [-0.05, 0) is 31.5 Å². The van der Waals surface area contributed by atoms with Crippen molar-refractivity contribution in [1.29, 1.82) is 0 Å². The number of carboxylic acids is 1. The number of carbonyl (C=O) groups is 2. The number of carboxylic acid groups (broad SMARTS) is 1. The Labute approximate surface area is 176 Å². The van der Waals surface area contributed by atoms with Crippen LogP contribution < -0.4 is 5.73 Å². The van der Waals surface area contributed by atoms with Gasteiger partial charge in [0.1, 0.15) is 5.15 Å². The lowest BCUT2D eigenvalue weighted by Gasteiger charge is -2.16. The Morgan fingerprint density at radius 2 is 1.96 bits per heavy atom. The maximum atomic E-state index is 11.9. The van der Waals surface area contributed by atoms with Crippen LogP contribution in [0.1, 0.15) is 29.9 Å². The molecule has 1 aromatic carbocycles. The Morgan fingerprint density at radius 3 is 2.50 bits per heavy atom. The highest BCUT2D eigenvalue weighted by atomic mass is 35.5. The molecule has 0 bridgehead atoms. The molecule has 1 aliphatic rings. The molecule has 3 N–H and O–H groups in total. The number of hydroxylamine groups is 2. The largest absolute Gasteiger partial charge is 0.476 e. The third-order valence-electron chi connectivity index (χ3n) is 3.82. The molecule has 0 saturated carbocycles. The Balaban J connectivity index is 0.000000209. The molecule has 2 aromatic rings. The van der Waals surface area contributed by atoms with Crippen molar-refractivity contribution in [1.82, 2.24) is 10.0 Å². The number of nitrogen functional groups attached to an aromatic ring is 1. The fourth-order valence-corrected chi connectivity index (χ4v) is 2.83. The van der Waals surface area contributed by atoms with Gasteiger partial charge < -0.3 is 10.8 Å². The lowest BCUT2D eigenvalue weighted by Crippen LogP contribution is -2.30. The van der Waals surface area contributed by atoms with Crippen LogP contribution in [0.5, 0.6) is 0 Å². The van der Waals surface area contributed by atoms with Crippen LogP contribution in [-0.2, 0) is 16.2 Å². The molecule has 1 amide bonds. The Bertz CT molecular complexity index is 906. The van der Waals surface area contributed by atoms with E-state index in [9.17, 15) is 9.59 Å². The summed E-state index contributed by atoms with van der Waals surface area (Å²) in [5.41, 5.74) is 5.58. The standard InChI is InChI=1S/C12H14ClNO2.C6H4Cl2N2O2/c1-12(2)8-16-14(11(12)15)7-9-5-3-4-6-10(9)13;7-3-1-2(9)4(8)5(10-3)6(11)12/h3-6H,7-8H2,1-2H3;1H,(H2,9,10)(H,11,12). The van der Waals surface area contributed by atoms with Crippen molar-refractivity contribution in [2.45, 2.75) is 20.4 Å². The van der Waals surface area contributed by atoms with Gasteiger partial charge >= 0.3 is 5.97 Å². The van der Waals surface area contributed by atoms with E-state index < -0.39 is 11.4 Å². The van der Waals surface area contributed by atoms with Crippen LogP contribution in [0.25, 0.3) is 0 Å². The SMILES string of the molecule is CC1(C)CON(Cc2ccccc2Cl)C1=O.Nc1cc(Cl)nc(C(=O)O)c1Cl. The molecule has 10 heteroatoms. The molecule has 28 heavy (non-hydrogen) atoms. The van der Waals surface area contributed by atoms with Crippen molar-refractivity contribution in [3.8, 4) is 0 Å². The zero-order valence-electron chi connectivity index (χ0n) is 15.1. The highest BCUT2D eigenvalue weighted by Crippen LogP contribution is 2.29. The minimum Gasteiger partial charge on any atom is -0.476 e. The highest BCUT2D eigenvalue weighted by molar-refractivity contribution is 6.36. The number of amides is 1. The van der Waals surface area contributed by atoms with Gasteiger partial charge in [-0.2, -0.15) is 0 Å². The molecule has 1 saturated heterocycles. The van der Waals surface area contributed by atoms with E-state index in [2.05, 4.69) is 4.98 Å². The molecule has 1 aliphatic heterocycles. The van der Waals surface area contributed by atoms with Gasteiger partial charge in [0.2, 0.25) is 0 Å². The number of nitrogens with zero attached hydrogens (tertiary/aromatic N) is 2. The van der Waals surface area contributed by atoms with E-state index in [0.717, 1.165) is 5.56 Å². The van der Waals surface area contributed by atoms with Crippen molar-refractivity contribution in [2.24, 2.45) is 5.41 Å². The topological polar surface area (TPSA) is 106 Å². The second-order valence-corrected chi connectivity index (χ2v) is 7.76. The summed E-state index contributed by atoms with van der Waals surface area (Å²) >= 11 is 17.0. The predicted octanol–water partition coefficient (Wildman–Crippen LogP) is 4.31. The summed E-state index contributed by atoms with van der Waals surface area (Å²) in [5.74, 6) is -1.25. The second kappa shape index (κ2) is 8.96. The quantitative estimate of drug-likeness (QED) is 0.681. The van der Waals surface area contributed by atoms with Gasteiger partial charge in [0, 0.05) is 5.02 Å². The first kappa shape index (κ1) is 22.2. The molecule has 0 aliphatic carbocycles. The molecule has 1 aromatic heterocycles. The summed E-state index contributed by atoms with van der Waals surface area (Å²) in [6.45, 7) is 4.59. The molecular weight excluding hydrogens is 429 g/mol. The van der Waals surface area contributed by atoms with Crippen LogP contribution >= 0.6 is 34.8 Å². The molecular formula is C18H18Cl3N3O4. The number of rotatable bonds is 3. The molecule has 1 fully saturated rings. The number of hydrogen-bond donors (Lipinski definition) is 2. The second-order valence-electron chi connectivity index (χ2n) is 6.59. The van der Waals surface area contributed by atoms with E-state index in [0.29, 0.717) is 18.2 Å². The van der Waals surface area contributed by atoms with Gasteiger partial charge in [0.15, 0.2) is 5.69 Å². The number of aromatic carboxylic acids is 1. The minimum atomic E-state index is -1.26. The Morgan fingerprint density at radius 1 is 1.32 bits per heavy atom. The van der Waals surface area contributed by atoms with Gasteiger partial charge in [-0.15, -0.1) is 0 Å². The van der Waals surface area contributed by atoms with E-state index in [1.807, 2.05) is 38.1 Å². The first-order valence-corrected chi connectivity index (χ1v) is 9.19. The van der Waals surface area contributed by atoms with E-state index in [4.69, 9.17) is 50.5 Å². The van der Waals surface area contributed by atoms with Gasteiger partial charge in [-0.1, -0.05) is 53.0 Å². The lowest BCUT2D eigenvalue weighted by atomic mass is 9.95. The fourth-order valence-electron chi connectivity index (χ4n) is 2.25. The minimum absolute atomic E-state index is 0.00687. The maximum Gasteiger partial charge on any atom is 0.356 e. The summed E-state index contributed by atoms with van der Waals surface area (Å²) in [4.78, 5) is 31.2. The van der Waals surface area contributed by atoms with Gasteiger partial charge in [-0.3, -0.25) is 9.63 Å². The van der Waals surface area contributed by atoms with Gasteiger partial charge in [0.05, 0.1) is 29.3 Å². The van der Waals surface area contributed by atoms with Gasteiger partial charge in [0.25, 0.3) is 5.91 Å².